The van der Waals surface area contributed by atoms with Crippen LogP contribution in [0.25, 0.3) is 0 Å². The average Bonchev–Trinajstić information content (AvgIpc) is 0.922. The number of hydrogen-bond acceptors (Lipinski definition) is 15. The summed E-state index contributed by atoms with van der Waals surface area (Å²) in [6.07, 6.45) is 65.1. The van der Waals surface area contributed by atoms with Crippen molar-refractivity contribution < 1.29 is 80.2 Å². The number of aliphatic hydroxyl groups is 1. The molecule has 3 N–H and O–H groups in total. The Bertz CT molecular complexity index is 1960. The van der Waals surface area contributed by atoms with Crippen LogP contribution in [-0.2, 0) is 65.4 Å². The normalized spacial score (nSPS) is 13.9. The summed E-state index contributed by atoms with van der Waals surface area (Å²) in [6.45, 7) is 9.70. The maximum absolute atomic E-state index is 13.1. The van der Waals surface area contributed by atoms with Gasteiger partial charge in [-0.05, 0) is 37.5 Å². The second-order valence-corrected chi connectivity index (χ2v) is 33.7. The lowest BCUT2D eigenvalue weighted by atomic mass is 10.0. The van der Waals surface area contributed by atoms with Crippen molar-refractivity contribution in [3.05, 3.63) is 0 Å². The van der Waals surface area contributed by atoms with Gasteiger partial charge in [-0.25, -0.2) is 9.13 Å². The van der Waals surface area contributed by atoms with Gasteiger partial charge in [-0.15, -0.1) is 0 Å². The topological polar surface area (TPSA) is 237 Å². The lowest BCUT2D eigenvalue weighted by molar-refractivity contribution is -0.161. The first-order chi connectivity index (χ1) is 49.4. The van der Waals surface area contributed by atoms with Crippen LogP contribution in [0.15, 0.2) is 0 Å². The van der Waals surface area contributed by atoms with Crippen molar-refractivity contribution in [1.29, 1.82) is 0 Å². The molecule has 0 aromatic carbocycles. The van der Waals surface area contributed by atoms with E-state index in [-0.39, 0.29) is 25.7 Å². The minimum atomic E-state index is -4.96. The van der Waals surface area contributed by atoms with Crippen LogP contribution in [0.1, 0.15) is 440 Å². The molecule has 102 heavy (non-hydrogen) atoms. The van der Waals surface area contributed by atoms with Gasteiger partial charge in [0, 0.05) is 25.7 Å². The van der Waals surface area contributed by atoms with Gasteiger partial charge in [0.15, 0.2) is 12.2 Å². The van der Waals surface area contributed by atoms with Crippen LogP contribution in [0.2, 0.25) is 0 Å². The molecule has 0 saturated carbocycles. The number of esters is 4. The van der Waals surface area contributed by atoms with E-state index in [4.69, 9.17) is 37.0 Å². The van der Waals surface area contributed by atoms with E-state index in [1.165, 1.54) is 257 Å². The van der Waals surface area contributed by atoms with Crippen LogP contribution in [0.5, 0.6) is 0 Å². The van der Waals surface area contributed by atoms with Crippen molar-refractivity contribution in [3.8, 4) is 0 Å². The first-order valence-corrected chi connectivity index (χ1v) is 46.0. The van der Waals surface area contributed by atoms with Gasteiger partial charge >= 0.3 is 39.5 Å². The zero-order valence-corrected chi connectivity index (χ0v) is 68.7. The van der Waals surface area contributed by atoms with Crippen LogP contribution < -0.4 is 0 Å². The molecule has 0 saturated heterocycles. The summed E-state index contributed by atoms with van der Waals surface area (Å²) >= 11 is 0. The van der Waals surface area contributed by atoms with Crippen LogP contribution in [-0.4, -0.2) is 96.7 Å². The highest BCUT2D eigenvalue weighted by Gasteiger charge is 2.30. The first-order valence-electron chi connectivity index (χ1n) is 43.0. The van der Waals surface area contributed by atoms with Gasteiger partial charge in [0.1, 0.15) is 19.3 Å². The van der Waals surface area contributed by atoms with Crippen molar-refractivity contribution in [2.75, 3.05) is 39.6 Å². The van der Waals surface area contributed by atoms with Gasteiger partial charge in [0.25, 0.3) is 0 Å². The zero-order valence-electron chi connectivity index (χ0n) is 66.9. The molecule has 5 atom stereocenters. The summed E-state index contributed by atoms with van der Waals surface area (Å²) in [6, 6.07) is 0. The van der Waals surface area contributed by atoms with Gasteiger partial charge in [-0.3, -0.25) is 37.3 Å². The first kappa shape index (κ1) is 100. The number of phosphoric ester groups is 2. The summed E-state index contributed by atoms with van der Waals surface area (Å²) in [5.41, 5.74) is 0. The van der Waals surface area contributed by atoms with E-state index in [1.54, 1.807) is 0 Å². The molecule has 0 aromatic heterocycles. The van der Waals surface area contributed by atoms with Crippen LogP contribution >= 0.6 is 15.6 Å². The number of phosphoric acid groups is 2. The van der Waals surface area contributed by atoms with Crippen LogP contribution in [0.4, 0.5) is 0 Å². The number of carbonyl (C=O) groups excluding carboxylic acids is 4. The molecule has 17 nitrogen and oxygen atoms in total. The fourth-order valence-electron chi connectivity index (χ4n) is 12.9. The van der Waals surface area contributed by atoms with Crippen molar-refractivity contribution in [2.24, 2.45) is 11.8 Å². The fourth-order valence-corrected chi connectivity index (χ4v) is 14.5. The van der Waals surface area contributed by atoms with Crippen molar-refractivity contribution in [3.63, 3.8) is 0 Å². The molecule has 0 bridgehead atoms. The standard InChI is InChI=1S/C83H162O17P2/c1-7-9-11-13-15-17-19-21-29-37-43-49-55-61-67-82(87)99-78(71-93-80(85)65-59-53-47-41-35-20-18-16-14-12-10-8-2)73-97-101(89,90)95-69-77(84)70-96-102(91,92)98-74-79(72-94-81(86)66-60-54-48-42-36-32-31-34-40-46-52-58-64-76(5)6)100-83(88)68-62-56-50-44-38-30-27-25-23-22-24-26-28-33-39-45-51-57-63-75(3)4/h75-79,84H,7-74H2,1-6H3,(H,89,90)(H,91,92)/t77-,78+,79+/m0/s1. The van der Waals surface area contributed by atoms with Crippen molar-refractivity contribution in [2.45, 2.75) is 458 Å². The highest BCUT2D eigenvalue weighted by molar-refractivity contribution is 7.47. The van der Waals surface area contributed by atoms with Gasteiger partial charge in [-0.2, -0.15) is 0 Å². The molecule has 0 aliphatic heterocycles. The molecule has 0 aliphatic carbocycles. The summed E-state index contributed by atoms with van der Waals surface area (Å²) in [5.74, 6) is -0.501. The van der Waals surface area contributed by atoms with E-state index >= 15 is 0 Å². The molecular weight excluding hydrogens is 1330 g/mol. The van der Waals surface area contributed by atoms with Gasteiger partial charge in [0.05, 0.1) is 26.4 Å². The zero-order chi connectivity index (χ0) is 74.9. The minimum Gasteiger partial charge on any atom is -0.462 e. The smallest absolute Gasteiger partial charge is 0.462 e. The third kappa shape index (κ3) is 76.3. The monoisotopic (exact) mass is 1490 g/mol. The molecule has 0 aromatic rings. The molecule has 0 fully saturated rings. The van der Waals surface area contributed by atoms with E-state index in [0.29, 0.717) is 25.7 Å². The lowest BCUT2D eigenvalue weighted by Gasteiger charge is -2.21. The summed E-state index contributed by atoms with van der Waals surface area (Å²) in [7, 11) is -9.92. The number of unbranched alkanes of at least 4 members (excludes halogenated alkanes) is 52. The second-order valence-electron chi connectivity index (χ2n) is 30.8. The van der Waals surface area contributed by atoms with Gasteiger partial charge in [-0.1, -0.05) is 388 Å². The second kappa shape index (κ2) is 74.5. The highest BCUT2D eigenvalue weighted by Crippen LogP contribution is 2.45. The molecular formula is C83H162O17P2. The van der Waals surface area contributed by atoms with E-state index in [1.807, 2.05) is 0 Å². The third-order valence-electron chi connectivity index (χ3n) is 19.5. The molecule has 0 spiro atoms. The minimum absolute atomic E-state index is 0.108. The van der Waals surface area contributed by atoms with E-state index in [2.05, 4.69) is 41.5 Å². The predicted molar refractivity (Wildman–Crippen MR) is 418 cm³/mol. The Morgan fingerprint density at radius 1 is 0.265 bits per heavy atom. The van der Waals surface area contributed by atoms with Gasteiger partial charge < -0.3 is 33.8 Å². The highest BCUT2D eigenvalue weighted by atomic mass is 31.2. The Balaban J connectivity index is 5.24. The quantitative estimate of drug-likeness (QED) is 0.0222. The summed E-state index contributed by atoms with van der Waals surface area (Å²) in [5, 5.41) is 10.7. The molecule has 0 heterocycles. The Hall–Kier alpha value is -1.94. The van der Waals surface area contributed by atoms with Crippen molar-refractivity contribution >= 4 is 39.5 Å². The molecule has 0 radical (unpaired) electrons. The number of rotatable bonds is 82. The fraction of sp³-hybridized carbons (Fsp3) is 0.952. The average molecular weight is 1490 g/mol. The predicted octanol–water partition coefficient (Wildman–Crippen LogP) is 25.1. The Labute approximate surface area is 626 Å². The Kier molecular flexibility index (Phi) is 73.1. The SMILES string of the molecule is CCCCCCCCCCCCCCCCC(=O)O[C@H](COC(=O)CCCCCCCCCCCCCC)COP(=O)(O)OC[C@H](O)COP(=O)(O)OC[C@@H](COC(=O)CCCCCCCCCCCCCCC(C)C)OC(=O)CCCCCCCCCCCCCCCCCCCCC(C)C. The van der Waals surface area contributed by atoms with Crippen LogP contribution in [0, 0.1) is 11.8 Å². The molecule has 0 aliphatic rings. The number of ether oxygens (including phenoxy) is 4. The Morgan fingerprint density at radius 2 is 0.451 bits per heavy atom. The molecule has 606 valence electrons. The largest absolute Gasteiger partial charge is 0.472 e. The van der Waals surface area contributed by atoms with Crippen molar-refractivity contribution in [1.82, 2.24) is 0 Å². The molecule has 0 amide bonds. The number of carbonyl (C=O) groups is 4. The van der Waals surface area contributed by atoms with Gasteiger partial charge in [0.2, 0.25) is 0 Å². The third-order valence-corrected chi connectivity index (χ3v) is 21.4. The maximum atomic E-state index is 13.1. The number of hydrogen-bond donors (Lipinski definition) is 3. The molecule has 2 unspecified atom stereocenters. The Morgan fingerprint density at radius 3 is 0.667 bits per heavy atom. The summed E-state index contributed by atoms with van der Waals surface area (Å²) < 4.78 is 68.8. The molecule has 0 rings (SSSR count). The lowest BCUT2D eigenvalue weighted by Crippen LogP contribution is -2.30. The van der Waals surface area contributed by atoms with E-state index < -0.39 is 97.5 Å². The van der Waals surface area contributed by atoms with Crippen LogP contribution in [0.3, 0.4) is 0 Å². The van der Waals surface area contributed by atoms with E-state index in [0.717, 1.165) is 102 Å². The van der Waals surface area contributed by atoms with E-state index in [9.17, 15) is 43.2 Å². The molecule has 19 heteroatoms. The number of aliphatic hydroxyl groups excluding tert-OH is 1. The summed E-state index contributed by atoms with van der Waals surface area (Å²) in [4.78, 5) is 73.1. The maximum Gasteiger partial charge on any atom is 0.472 e.